The van der Waals surface area contributed by atoms with Crippen molar-refractivity contribution in [3.05, 3.63) is 59.1 Å². The fourth-order valence-corrected chi connectivity index (χ4v) is 2.27. The molecule has 3 nitrogen and oxygen atoms in total. The van der Waals surface area contributed by atoms with E-state index in [1.807, 2.05) is 55.5 Å². The number of aromatic nitrogens is 1. The van der Waals surface area contributed by atoms with Crippen molar-refractivity contribution >= 4 is 39.7 Å². The largest absolute Gasteiger partial charge is 0.399 e. The van der Waals surface area contributed by atoms with Crippen molar-refractivity contribution in [3.8, 4) is 0 Å². The zero-order valence-corrected chi connectivity index (χ0v) is 11.8. The topological polar surface area (TPSA) is 50.9 Å². The Hall–Kier alpha value is -2.26. The molecule has 20 heavy (non-hydrogen) atoms. The molecule has 0 radical (unpaired) electrons. The third kappa shape index (κ3) is 2.40. The number of nitrogens with zero attached hydrogens (tertiary/aromatic N) is 1. The molecule has 0 amide bonds. The Kier molecular flexibility index (Phi) is 3.20. The average molecular weight is 284 g/mol. The fraction of sp³-hybridized carbons (Fsp3) is 0.0625. The first kappa shape index (κ1) is 12.8. The predicted molar refractivity (Wildman–Crippen MR) is 85.6 cm³/mol. The van der Waals surface area contributed by atoms with Gasteiger partial charge in [0.25, 0.3) is 0 Å². The van der Waals surface area contributed by atoms with E-state index in [0.717, 1.165) is 38.7 Å². The second-order valence-corrected chi connectivity index (χ2v) is 5.09. The highest BCUT2D eigenvalue weighted by Crippen LogP contribution is 2.26. The van der Waals surface area contributed by atoms with E-state index in [1.54, 1.807) is 0 Å². The lowest BCUT2D eigenvalue weighted by Gasteiger charge is -2.10. The summed E-state index contributed by atoms with van der Waals surface area (Å²) < 4.78 is 0. The molecular weight excluding hydrogens is 270 g/mol. The molecular formula is C16H14ClN3. The number of pyridine rings is 1. The summed E-state index contributed by atoms with van der Waals surface area (Å²) in [5.41, 5.74) is 9.38. The molecule has 3 rings (SSSR count). The van der Waals surface area contributed by atoms with Gasteiger partial charge in [-0.2, -0.15) is 0 Å². The first-order chi connectivity index (χ1) is 9.63. The molecule has 0 spiro atoms. The molecule has 0 aliphatic carbocycles. The highest BCUT2D eigenvalue weighted by molar-refractivity contribution is 6.31. The van der Waals surface area contributed by atoms with Gasteiger partial charge in [0.2, 0.25) is 0 Å². The number of hydrogen-bond acceptors (Lipinski definition) is 3. The van der Waals surface area contributed by atoms with E-state index >= 15 is 0 Å². The normalized spacial score (nSPS) is 10.7. The van der Waals surface area contributed by atoms with Crippen molar-refractivity contribution in [3.63, 3.8) is 0 Å². The Bertz CT molecular complexity index is 784. The Balaban J connectivity index is 1.99. The van der Waals surface area contributed by atoms with Crippen LogP contribution in [0.15, 0.2) is 48.5 Å². The lowest BCUT2D eigenvalue weighted by Crippen LogP contribution is -1.96. The maximum absolute atomic E-state index is 6.12. The molecule has 0 bridgehead atoms. The summed E-state index contributed by atoms with van der Waals surface area (Å²) >= 11 is 6.12. The van der Waals surface area contributed by atoms with Crippen molar-refractivity contribution in [2.75, 3.05) is 11.1 Å². The summed E-state index contributed by atoms with van der Waals surface area (Å²) in [4.78, 5) is 4.57. The summed E-state index contributed by atoms with van der Waals surface area (Å²) in [5, 5.41) is 5.06. The SMILES string of the molecule is Cc1c(Cl)cccc1Nc1ccc2cc(N)ccc2n1. The average Bonchev–Trinajstić information content (AvgIpc) is 2.44. The smallest absolute Gasteiger partial charge is 0.131 e. The summed E-state index contributed by atoms with van der Waals surface area (Å²) in [6, 6.07) is 15.4. The fourth-order valence-electron chi connectivity index (χ4n) is 2.09. The number of anilines is 3. The van der Waals surface area contributed by atoms with Crippen LogP contribution in [0.3, 0.4) is 0 Å². The second-order valence-electron chi connectivity index (χ2n) is 4.69. The molecule has 0 aliphatic rings. The van der Waals surface area contributed by atoms with Crippen molar-refractivity contribution in [1.29, 1.82) is 0 Å². The van der Waals surface area contributed by atoms with E-state index in [1.165, 1.54) is 0 Å². The number of rotatable bonds is 2. The minimum atomic E-state index is 0.739. The predicted octanol–water partition coefficient (Wildman–Crippen LogP) is 4.52. The van der Waals surface area contributed by atoms with Gasteiger partial charge in [-0.25, -0.2) is 4.98 Å². The van der Waals surface area contributed by atoms with Crippen LogP contribution in [0.5, 0.6) is 0 Å². The van der Waals surface area contributed by atoms with E-state index in [4.69, 9.17) is 17.3 Å². The number of benzene rings is 2. The number of nitrogens with one attached hydrogen (secondary N) is 1. The van der Waals surface area contributed by atoms with Gasteiger partial charge in [-0.05, 0) is 55.0 Å². The first-order valence-corrected chi connectivity index (χ1v) is 6.70. The number of hydrogen-bond donors (Lipinski definition) is 2. The van der Waals surface area contributed by atoms with Crippen molar-refractivity contribution in [1.82, 2.24) is 4.98 Å². The van der Waals surface area contributed by atoms with Gasteiger partial charge in [0.1, 0.15) is 5.82 Å². The van der Waals surface area contributed by atoms with Crippen molar-refractivity contribution in [2.45, 2.75) is 6.92 Å². The number of nitrogens with two attached hydrogens (primary N) is 1. The zero-order chi connectivity index (χ0) is 14.1. The Morgan fingerprint density at radius 1 is 1.10 bits per heavy atom. The number of halogens is 1. The highest BCUT2D eigenvalue weighted by atomic mass is 35.5. The van der Waals surface area contributed by atoms with Crippen LogP contribution in [0.4, 0.5) is 17.2 Å². The number of nitrogen functional groups attached to an aromatic ring is 1. The standard InChI is InChI=1S/C16H14ClN3/c1-10-13(17)3-2-4-14(10)19-16-8-5-11-9-12(18)6-7-15(11)20-16/h2-9H,18H2,1H3,(H,19,20). The van der Waals surface area contributed by atoms with Crippen LogP contribution in [0.1, 0.15) is 5.56 Å². The van der Waals surface area contributed by atoms with Gasteiger partial charge in [-0.1, -0.05) is 17.7 Å². The molecule has 0 saturated heterocycles. The molecule has 0 saturated carbocycles. The van der Waals surface area contributed by atoms with Gasteiger partial charge < -0.3 is 11.1 Å². The van der Waals surface area contributed by atoms with Crippen LogP contribution in [0.25, 0.3) is 10.9 Å². The minimum Gasteiger partial charge on any atom is -0.399 e. The van der Waals surface area contributed by atoms with Gasteiger partial charge in [-0.15, -0.1) is 0 Å². The van der Waals surface area contributed by atoms with Crippen molar-refractivity contribution in [2.24, 2.45) is 0 Å². The third-order valence-corrected chi connectivity index (χ3v) is 3.65. The first-order valence-electron chi connectivity index (χ1n) is 6.32. The monoisotopic (exact) mass is 283 g/mol. The van der Waals surface area contributed by atoms with Gasteiger partial charge in [-0.3, -0.25) is 0 Å². The van der Waals surface area contributed by atoms with E-state index < -0.39 is 0 Å². The Morgan fingerprint density at radius 3 is 2.80 bits per heavy atom. The van der Waals surface area contributed by atoms with Gasteiger partial charge in [0, 0.05) is 21.8 Å². The molecule has 100 valence electrons. The van der Waals surface area contributed by atoms with Crippen LogP contribution >= 0.6 is 11.6 Å². The Morgan fingerprint density at radius 2 is 1.95 bits per heavy atom. The van der Waals surface area contributed by atoms with Gasteiger partial charge >= 0.3 is 0 Å². The molecule has 4 heteroatoms. The summed E-state index contributed by atoms with van der Waals surface area (Å²) in [6.07, 6.45) is 0. The molecule has 3 N–H and O–H groups in total. The maximum atomic E-state index is 6.12. The van der Waals surface area contributed by atoms with Gasteiger partial charge in [0.05, 0.1) is 5.52 Å². The van der Waals surface area contributed by atoms with Crippen LogP contribution < -0.4 is 11.1 Å². The lowest BCUT2D eigenvalue weighted by atomic mass is 10.2. The van der Waals surface area contributed by atoms with Crippen LogP contribution in [0.2, 0.25) is 5.02 Å². The number of fused-ring (bicyclic) bond motifs is 1. The minimum absolute atomic E-state index is 0.739. The summed E-state index contributed by atoms with van der Waals surface area (Å²) in [7, 11) is 0. The quantitative estimate of drug-likeness (QED) is 0.680. The maximum Gasteiger partial charge on any atom is 0.131 e. The summed E-state index contributed by atoms with van der Waals surface area (Å²) in [5.74, 6) is 0.785. The molecule has 0 unspecified atom stereocenters. The van der Waals surface area contributed by atoms with Gasteiger partial charge in [0.15, 0.2) is 0 Å². The molecule has 0 atom stereocenters. The zero-order valence-electron chi connectivity index (χ0n) is 11.0. The van der Waals surface area contributed by atoms with E-state index in [9.17, 15) is 0 Å². The molecule has 3 aromatic rings. The van der Waals surface area contributed by atoms with Crippen molar-refractivity contribution < 1.29 is 0 Å². The van der Waals surface area contributed by atoms with E-state index in [2.05, 4.69) is 10.3 Å². The van der Waals surface area contributed by atoms with Crippen LogP contribution in [-0.4, -0.2) is 4.98 Å². The summed E-state index contributed by atoms with van der Waals surface area (Å²) in [6.45, 7) is 1.98. The second kappa shape index (κ2) is 5.02. The highest BCUT2D eigenvalue weighted by Gasteiger charge is 2.04. The molecule has 1 aromatic heterocycles. The van der Waals surface area contributed by atoms with E-state index in [0.29, 0.717) is 0 Å². The third-order valence-electron chi connectivity index (χ3n) is 3.24. The van der Waals surface area contributed by atoms with Crippen LogP contribution in [-0.2, 0) is 0 Å². The molecule has 0 aliphatic heterocycles. The lowest BCUT2D eigenvalue weighted by molar-refractivity contribution is 1.35. The molecule has 1 heterocycles. The van der Waals surface area contributed by atoms with E-state index in [-0.39, 0.29) is 0 Å². The molecule has 2 aromatic carbocycles. The van der Waals surface area contributed by atoms with Crippen LogP contribution in [0, 0.1) is 6.92 Å². The molecule has 0 fully saturated rings. The Labute approximate surface area is 122 Å².